The van der Waals surface area contributed by atoms with E-state index in [2.05, 4.69) is 9.73 Å². The van der Waals surface area contributed by atoms with Gasteiger partial charge in [-0.05, 0) is 48.0 Å². The van der Waals surface area contributed by atoms with Crippen LogP contribution in [0.3, 0.4) is 0 Å². The van der Waals surface area contributed by atoms with Crippen LogP contribution >= 0.6 is 11.8 Å². The Balaban J connectivity index is 1.90. The van der Waals surface area contributed by atoms with Gasteiger partial charge >= 0.3 is 6.61 Å². The highest BCUT2D eigenvalue weighted by Gasteiger charge is 2.32. The smallest absolute Gasteiger partial charge is 0.387 e. The van der Waals surface area contributed by atoms with Crippen LogP contribution in [0.25, 0.3) is 6.08 Å². The fourth-order valence-corrected chi connectivity index (χ4v) is 3.23. The molecule has 0 fully saturated rings. The Hall–Kier alpha value is -3.38. The molecule has 0 bridgehead atoms. The lowest BCUT2D eigenvalue weighted by Crippen LogP contribution is -2.30. The second-order valence-electron chi connectivity index (χ2n) is 5.66. The molecule has 0 N–H and O–H groups in total. The molecule has 0 atom stereocenters. The monoisotopic (exact) mass is 415 g/mol. The quantitative estimate of drug-likeness (QED) is 0.658. The van der Waals surface area contributed by atoms with Gasteiger partial charge in [0.1, 0.15) is 17.2 Å². The Bertz CT molecular complexity index is 984. The van der Waals surface area contributed by atoms with Crippen molar-refractivity contribution in [3.8, 4) is 17.6 Å². The fraction of sp³-hybridized carbons (Fsp3) is 0.150. The number of nitriles is 1. The van der Waals surface area contributed by atoms with Gasteiger partial charge in [-0.3, -0.25) is 9.69 Å². The second kappa shape index (κ2) is 9.21. The van der Waals surface area contributed by atoms with Crippen LogP contribution in [0.15, 0.2) is 59.2 Å². The maximum Gasteiger partial charge on any atom is 0.387 e. The summed E-state index contributed by atoms with van der Waals surface area (Å²) in [5, 5.41) is 9.21. The van der Waals surface area contributed by atoms with E-state index >= 15 is 0 Å². The number of amides is 1. The Morgan fingerprint density at radius 2 is 1.83 bits per heavy atom. The topological polar surface area (TPSA) is 74.9 Å². The molecule has 29 heavy (non-hydrogen) atoms. The summed E-state index contributed by atoms with van der Waals surface area (Å²) in [5.41, 5.74) is 1.38. The number of carbonyl (C=O) groups excluding carboxylic acids is 1. The number of halogens is 2. The average molecular weight is 415 g/mol. The molecular formula is C20H15F2N3O3S. The van der Waals surface area contributed by atoms with E-state index in [4.69, 9.17) is 10.00 Å². The summed E-state index contributed by atoms with van der Waals surface area (Å²) < 4.78 is 34.1. The van der Waals surface area contributed by atoms with E-state index < -0.39 is 6.61 Å². The van der Waals surface area contributed by atoms with Gasteiger partial charge in [0.2, 0.25) is 0 Å². The molecule has 148 valence electrons. The van der Waals surface area contributed by atoms with Gasteiger partial charge in [0.25, 0.3) is 5.91 Å². The number of thioether (sulfide) groups is 1. The van der Waals surface area contributed by atoms with Gasteiger partial charge in [0.15, 0.2) is 5.17 Å². The molecule has 0 aromatic heterocycles. The molecule has 6 nitrogen and oxygen atoms in total. The van der Waals surface area contributed by atoms with Crippen molar-refractivity contribution in [3.63, 3.8) is 0 Å². The molecule has 2 aromatic carbocycles. The van der Waals surface area contributed by atoms with Crippen LogP contribution in [-0.2, 0) is 4.79 Å². The van der Waals surface area contributed by atoms with Crippen molar-refractivity contribution >= 4 is 34.6 Å². The van der Waals surface area contributed by atoms with Crippen molar-refractivity contribution in [1.82, 2.24) is 0 Å². The molecule has 9 heteroatoms. The first-order valence-electron chi connectivity index (χ1n) is 8.35. The maximum atomic E-state index is 12.9. The number of alkyl halides is 2. The third kappa shape index (κ3) is 4.92. The van der Waals surface area contributed by atoms with Gasteiger partial charge in [-0.1, -0.05) is 23.9 Å². The van der Waals surface area contributed by atoms with Gasteiger partial charge < -0.3 is 9.47 Å². The molecule has 1 aliphatic rings. The molecule has 1 amide bonds. The number of nitrogens with zero attached hydrogens (tertiary/aromatic N) is 3. The summed E-state index contributed by atoms with van der Waals surface area (Å²) in [5.74, 6) is 0.383. The minimum absolute atomic E-state index is 0.0208. The first-order valence-corrected chi connectivity index (χ1v) is 9.34. The number of methoxy groups -OCH3 is 1. The predicted molar refractivity (Wildman–Crippen MR) is 107 cm³/mol. The van der Waals surface area contributed by atoms with E-state index in [1.807, 2.05) is 6.07 Å². The summed E-state index contributed by atoms with van der Waals surface area (Å²) in [6, 6.07) is 14.7. The predicted octanol–water partition coefficient (Wildman–Crippen LogP) is 4.30. The lowest BCUT2D eigenvalue weighted by atomic mass is 10.2. The second-order valence-corrected chi connectivity index (χ2v) is 6.60. The van der Waals surface area contributed by atoms with Crippen LogP contribution in [0.2, 0.25) is 0 Å². The molecule has 0 spiro atoms. The number of hydrogen-bond acceptors (Lipinski definition) is 6. The number of hydrogen-bond donors (Lipinski definition) is 0. The number of benzene rings is 2. The first kappa shape index (κ1) is 20.4. The molecule has 2 aromatic rings. The summed E-state index contributed by atoms with van der Waals surface area (Å²) in [7, 11) is 1.56. The van der Waals surface area contributed by atoms with Gasteiger partial charge in [-0.2, -0.15) is 14.0 Å². The molecule has 0 radical (unpaired) electrons. The van der Waals surface area contributed by atoms with Crippen molar-refractivity contribution in [2.45, 2.75) is 6.61 Å². The number of amidine groups is 1. The van der Waals surface area contributed by atoms with Gasteiger partial charge in [-0.25, -0.2) is 4.99 Å². The molecule has 0 unspecified atom stereocenters. The highest BCUT2D eigenvalue weighted by molar-refractivity contribution is 8.14. The van der Waals surface area contributed by atoms with Gasteiger partial charge in [0.05, 0.1) is 24.6 Å². The van der Waals surface area contributed by atoms with Crippen molar-refractivity contribution in [2.24, 2.45) is 4.99 Å². The highest BCUT2D eigenvalue weighted by Crippen LogP contribution is 2.31. The van der Waals surface area contributed by atoms with Crippen LogP contribution in [0.1, 0.15) is 5.56 Å². The molecule has 1 aliphatic heterocycles. The summed E-state index contributed by atoms with van der Waals surface area (Å²) in [4.78, 5) is 18.6. The molecule has 3 rings (SSSR count). The van der Waals surface area contributed by atoms with Crippen LogP contribution in [0.4, 0.5) is 14.5 Å². The average Bonchev–Trinajstić information content (AvgIpc) is 3.02. The lowest BCUT2D eigenvalue weighted by molar-refractivity contribution is -0.113. The summed E-state index contributed by atoms with van der Waals surface area (Å²) in [6.45, 7) is -2.93. The van der Waals surface area contributed by atoms with E-state index in [1.54, 1.807) is 37.5 Å². The number of rotatable bonds is 6. The first-order chi connectivity index (χ1) is 14.0. The molecular weight excluding hydrogens is 400 g/mol. The highest BCUT2D eigenvalue weighted by atomic mass is 32.2. The van der Waals surface area contributed by atoms with Crippen molar-refractivity contribution in [1.29, 1.82) is 5.26 Å². The summed E-state index contributed by atoms with van der Waals surface area (Å²) >= 11 is 1.11. The number of carbonyl (C=O) groups is 1. The summed E-state index contributed by atoms with van der Waals surface area (Å²) in [6.07, 6.45) is 1.63. The Labute approximate surface area is 170 Å². The largest absolute Gasteiger partial charge is 0.497 e. The third-order valence-electron chi connectivity index (χ3n) is 3.83. The van der Waals surface area contributed by atoms with Crippen molar-refractivity contribution in [3.05, 3.63) is 59.8 Å². The SMILES string of the molecule is COc1ccc(C=C2N=C(SCC#N)N(c3ccc(OC(F)F)cc3)C2=O)cc1. The number of anilines is 1. The molecule has 0 saturated heterocycles. The normalized spacial score (nSPS) is 14.9. The zero-order valence-corrected chi connectivity index (χ0v) is 16.0. The number of aliphatic imine (C=N–C) groups is 1. The Morgan fingerprint density at radius 1 is 1.17 bits per heavy atom. The zero-order valence-electron chi connectivity index (χ0n) is 15.2. The number of ether oxygens (including phenoxy) is 2. The van der Waals surface area contributed by atoms with Crippen LogP contribution in [-0.4, -0.2) is 30.5 Å². The Morgan fingerprint density at radius 3 is 2.41 bits per heavy atom. The van der Waals surface area contributed by atoms with Gasteiger partial charge in [0, 0.05) is 0 Å². The van der Waals surface area contributed by atoms with Crippen molar-refractivity contribution in [2.75, 3.05) is 17.8 Å². The third-order valence-corrected chi connectivity index (χ3v) is 4.64. The molecule has 0 aliphatic carbocycles. The van der Waals surface area contributed by atoms with Crippen molar-refractivity contribution < 1.29 is 23.0 Å². The van der Waals surface area contributed by atoms with E-state index in [0.717, 1.165) is 17.3 Å². The van der Waals surface area contributed by atoms with E-state index in [-0.39, 0.29) is 23.1 Å². The minimum atomic E-state index is -2.93. The zero-order chi connectivity index (χ0) is 20.8. The van der Waals surface area contributed by atoms with Crippen LogP contribution in [0.5, 0.6) is 11.5 Å². The van der Waals surface area contributed by atoms with Crippen LogP contribution < -0.4 is 14.4 Å². The maximum absolute atomic E-state index is 12.9. The van der Waals surface area contributed by atoms with Gasteiger partial charge in [-0.15, -0.1) is 0 Å². The van der Waals surface area contributed by atoms with E-state index in [1.165, 1.54) is 29.2 Å². The standard InChI is InChI=1S/C20H15F2N3O3S/c1-27-15-6-2-13(3-7-15)12-17-18(26)25(20(24-17)29-11-10-23)14-4-8-16(9-5-14)28-19(21)22/h2-9,12,19H,11H2,1H3. The fourth-order valence-electron chi connectivity index (χ4n) is 2.55. The van der Waals surface area contributed by atoms with E-state index in [0.29, 0.717) is 16.6 Å². The minimum Gasteiger partial charge on any atom is -0.497 e. The molecule has 1 heterocycles. The Kier molecular flexibility index (Phi) is 6.46. The molecule has 0 saturated carbocycles. The van der Waals surface area contributed by atoms with Crippen LogP contribution in [0, 0.1) is 11.3 Å². The van der Waals surface area contributed by atoms with E-state index in [9.17, 15) is 13.6 Å². The lowest BCUT2D eigenvalue weighted by Gasteiger charge is -2.17.